The molecule has 1 rings (SSSR count). The van der Waals surface area contributed by atoms with Crippen molar-refractivity contribution >= 4 is 38.5 Å². The molecule has 0 saturated carbocycles. The van der Waals surface area contributed by atoms with Gasteiger partial charge in [0.25, 0.3) is 6.43 Å². The van der Waals surface area contributed by atoms with Crippen LogP contribution in [0.1, 0.15) is 12.1 Å². The highest BCUT2D eigenvalue weighted by atomic mass is 127. The summed E-state index contributed by atoms with van der Waals surface area (Å²) in [5.74, 6) is -0.627. The van der Waals surface area contributed by atoms with Crippen LogP contribution in [0, 0.1) is 3.57 Å². The Hall–Kier alpha value is -0.190. The first-order valence-corrected chi connectivity index (χ1v) is 5.47. The molecule has 1 aromatic rings. The summed E-state index contributed by atoms with van der Waals surface area (Å²) >= 11 is 4.10. The highest BCUT2D eigenvalue weighted by Gasteiger charge is 2.33. The fourth-order valence-corrected chi connectivity index (χ4v) is 2.36. The summed E-state index contributed by atoms with van der Waals surface area (Å²) < 4.78 is 63.4. The topological polar surface area (TPSA) is 22.1 Å². The van der Waals surface area contributed by atoms with E-state index in [0.29, 0.717) is 0 Å². The molecule has 2 nitrogen and oxygen atoms in total. The standard InChI is InChI=1S/C7H2BrF5INO/c8-5-4(16-7(11,12)13)2(14)1-3(15-5)6(9)10/h1,6H. The van der Waals surface area contributed by atoms with E-state index in [-0.39, 0.29) is 3.57 Å². The molecule has 0 saturated heterocycles. The lowest BCUT2D eigenvalue weighted by Crippen LogP contribution is -2.18. The number of rotatable bonds is 2. The first kappa shape index (κ1) is 13.9. The van der Waals surface area contributed by atoms with E-state index < -0.39 is 28.8 Å². The van der Waals surface area contributed by atoms with Gasteiger partial charge in [-0.3, -0.25) is 0 Å². The van der Waals surface area contributed by atoms with E-state index >= 15 is 0 Å². The largest absolute Gasteiger partial charge is 0.573 e. The quantitative estimate of drug-likeness (QED) is 0.407. The molecule has 1 aromatic heterocycles. The number of hydrogen-bond acceptors (Lipinski definition) is 2. The Bertz CT molecular complexity index is 374. The normalized spacial score (nSPS) is 12.0. The van der Waals surface area contributed by atoms with E-state index in [9.17, 15) is 22.0 Å². The van der Waals surface area contributed by atoms with Gasteiger partial charge in [0, 0.05) is 0 Å². The number of pyridine rings is 1. The third kappa shape index (κ3) is 3.68. The van der Waals surface area contributed by atoms with Crippen LogP contribution in [-0.4, -0.2) is 11.3 Å². The van der Waals surface area contributed by atoms with Gasteiger partial charge in [0.2, 0.25) is 0 Å². The minimum Gasteiger partial charge on any atom is -0.402 e. The zero-order valence-electron chi connectivity index (χ0n) is 7.16. The maximum absolute atomic E-state index is 12.2. The molecule has 0 aliphatic carbocycles. The van der Waals surface area contributed by atoms with Gasteiger partial charge < -0.3 is 4.74 Å². The molecule has 0 spiro atoms. The molecule has 0 aliphatic rings. The summed E-state index contributed by atoms with van der Waals surface area (Å²) in [5, 5.41) is 0. The van der Waals surface area contributed by atoms with E-state index in [1.165, 1.54) is 22.6 Å². The van der Waals surface area contributed by atoms with Crippen LogP contribution < -0.4 is 4.74 Å². The molecule has 0 bridgehead atoms. The predicted octanol–water partition coefficient (Wildman–Crippen LogP) is 4.28. The monoisotopic (exact) mass is 417 g/mol. The van der Waals surface area contributed by atoms with Crippen molar-refractivity contribution in [3.63, 3.8) is 0 Å². The Balaban J connectivity index is 3.13. The van der Waals surface area contributed by atoms with Gasteiger partial charge in [-0.15, -0.1) is 13.2 Å². The Morgan fingerprint density at radius 2 is 1.94 bits per heavy atom. The highest BCUT2D eigenvalue weighted by Crippen LogP contribution is 2.35. The molecule has 0 N–H and O–H groups in total. The lowest BCUT2D eigenvalue weighted by Gasteiger charge is -2.12. The summed E-state index contributed by atoms with van der Waals surface area (Å²) in [6.45, 7) is 0. The molecule has 1 heterocycles. The molecule has 0 aromatic carbocycles. The third-order valence-corrected chi connectivity index (χ3v) is 2.69. The first-order valence-electron chi connectivity index (χ1n) is 3.60. The van der Waals surface area contributed by atoms with Gasteiger partial charge in [-0.05, 0) is 44.6 Å². The lowest BCUT2D eigenvalue weighted by molar-refractivity contribution is -0.275. The van der Waals surface area contributed by atoms with Crippen LogP contribution in [-0.2, 0) is 0 Å². The van der Waals surface area contributed by atoms with Crippen molar-refractivity contribution in [3.8, 4) is 5.75 Å². The van der Waals surface area contributed by atoms with Crippen LogP contribution in [0.2, 0.25) is 0 Å². The van der Waals surface area contributed by atoms with E-state index in [1.807, 2.05) is 0 Å². The van der Waals surface area contributed by atoms with Gasteiger partial charge in [-0.25, -0.2) is 13.8 Å². The maximum atomic E-state index is 12.2. The second-order valence-electron chi connectivity index (χ2n) is 2.50. The second kappa shape index (κ2) is 4.98. The van der Waals surface area contributed by atoms with Crippen molar-refractivity contribution in [2.45, 2.75) is 12.8 Å². The third-order valence-electron chi connectivity index (χ3n) is 1.35. The fraction of sp³-hybridized carbons (Fsp3) is 0.286. The Labute approximate surface area is 108 Å². The van der Waals surface area contributed by atoms with Crippen molar-refractivity contribution in [3.05, 3.63) is 19.9 Å². The molecule has 90 valence electrons. The van der Waals surface area contributed by atoms with Crippen LogP contribution in [0.4, 0.5) is 22.0 Å². The molecule has 0 aliphatic heterocycles. The summed E-state index contributed by atoms with van der Waals surface area (Å²) in [6, 6.07) is 0.830. The van der Waals surface area contributed by atoms with Crippen molar-refractivity contribution < 1.29 is 26.7 Å². The maximum Gasteiger partial charge on any atom is 0.573 e. The zero-order valence-corrected chi connectivity index (χ0v) is 10.9. The van der Waals surface area contributed by atoms with Gasteiger partial charge in [0.15, 0.2) is 5.75 Å². The van der Waals surface area contributed by atoms with Gasteiger partial charge in [-0.2, -0.15) is 0 Å². The molecule has 0 unspecified atom stereocenters. The number of alkyl halides is 5. The molecule has 0 radical (unpaired) electrons. The molecule has 16 heavy (non-hydrogen) atoms. The summed E-state index contributed by atoms with van der Waals surface area (Å²) in [4.78, 5) is 3.25. The number of aromatic nitrogens is 1. The van der Waals surface area contributed by atoms with Gasteiger partial charge in [0.05, 0.1) is 3.57 Å². The minimum absolute atomic E-state index is 0.105. The number of ether oxygens (including phenoxy) is 1. The van der Waals surface area contributed by atoms with E-state index in [0.717, 1.165) is 6.07 Å². The smallest absolute Gasteiger partial charge is 0.402 e. The van der Waals surface area contributed by atoms with Crippen LogP contribution in [0.15, 0.2) is 10.7 Å². The van der Waals surface area contributed by atoms with Crippen molar-refractivity contribution in [1.82, 2.24) is 4.98 Å². The minimum atomic E-state index is -4.89. The van der Waals surface area contributed by atoms with Gasteiger partial charge in [0.1, 0.15) is 10.3 Å². The average molecular weight is 418 g/mol. The van der Waals surface area contributed by atoms with Crippen molar-refractivity contribution in [2.75, 3.05) is 0 Å². The van der Waals surface area contributed by atoms with E-state index in [2.05, 4.69) is 25.7 Å². The first-order chi connectivity index (χ1) is 7.20. The number of halogens is 7. The molecule has 0 atom stereocenters. The van der Waals surface area contributed by atoms with E-state index in [4.69, 9.17) is 0 Å². The van der Waals surface area contributed by atoms with Crippen molar-refractivity contribution in [1.29, 1.82) is 0 Å². The fourth-order valence-electron chi connectivity index (χ4n) is 0.809. The van der Waals surface area contributed by atoms with E-state index in [1.54, 1.807) is 0 Å². The second-order valence-corrected chi connectivity index (χ2v) is 4.41. The van der Waals surface area contributed by atoms with Crippen LogP contribution in [0.3, 0.4) is 0 Å². The van der Waals surface area contributed by atoms with Gasteiger partial charge in [-0.1, -0.05) is 0 Å². The van der Waals surface area contributed by atoms with Gasteiger partial charge >= 0.3 is 6.36 Å². The van der Waals surface area contributed by atoms with Crippen LogP contribution in [0.5, 0.6) is 5.75 Å². The Morgan fingerprint density at radius 3 is 2.31 bits per heavy atom. The zero-order chi connectivity index (χ0) is 12.5. The lowest BCUT2D eigenvalue weighted by atomic mass is 10.3. The van der Waals surface area contributed by atoms with Crippen molar-refractivity contribution in [2.24, 2.45) is 0 Å². The molecule has 0 amide bonds. The predicted molar refractivity (Wildman–Crippen MR) is 56.3 cm³/mol. The summed E-state index contributed by atoms with van der Waals surface area (Å²) in [7, 11) is 0. The Morgan fingerprint density at radius 1 is 1.38 bits per heavy atom. The Kier molecular flexibility index (Phi) is 4.32. The summed E-state index contributed by atoms with van der Waals surface area (Å²) in [6.07, 6.45) is -7.75. The molecule has 0 fully saturated rings. The molecular weight excluding hydrogens is 416 g/mol. The van der Waals surface area contributed by atoms with Crippen LogP contribution in [0.25, 0.3) is 0 Å². The number of hydrogen-bond donors (Lipinski definition) is 0. The number of nitrogens with zero attached hydrogens (tertiary/aromatic N) is 1. The molecular formula is C7H2BrF5INO. The average Bonchev–Trinajstić information content (AvgIpc) is 2.09. The highest BCUT2D eigenvalue weighted by molar-refractivity contribution is 14.1. The summed E-state index contributed by atoms with van der Waals surface area (Å²) in [5.41, 5.74) is -0.620. The van der Waals surface area contributed by atoms with Crippen LogP contribution >= 0.6 is 38.5 Å². The SMILES string of the molecule is FC(F)c1cc(I)c(OC(F)(F)F)c(Br)n1. The molecule has 9 heteroatoms.